The molecule has 16 heavy (non-hydrogen) atoms. The molecule has 1 aromatic carbocycles. The van der Waals surface area contributed by atoms with Crippen molar-refractivity contribution in [1.29, 1.82) is 0 Å². The van der Waals surface area contributed by atoms with Gasteiger partial charge in [-0.3, -0.25) is 4.90 Å². The molecule has 0 bridgehead atoms. The number of likely N-dealkylation sites (N-methyl/N-ethyl adjacent to an activating group) is 1. The molecular formula is C12H17BrN2O. The zero-order chi connectivity index (χ0) is 11.5. The van der Waals surface area contributed by atoms with Gasteiger partial charge in [-0.05, 0) is 40.7 Å². The summed E-state index contributed by atoms with van der Waals surface area (Å²) in [6, 6.07) is 6.75. The predicted octanol–water partition coefficient (Wildman–Crippen LogP) is 2.03. The third kappa shape index (κ3) is 2.39. The van der Waals surface area contributed by atoms with Crippen molar-refractivity contribution >= 4 is 15.9 Å². The van der Waals surface area contributed by atoms with Crippen LogP contribution in [0.4, 0.5) is 0 Å². The van der Waals surface area contributed by atoms with Crippen LogP contribution >= 0.6 is 15.9 Å². The van der Waals surface area contributed by atoms with E-state index in [1.54, 1.807) is 7.11 Å². The maximum absolute atomic E-state index is 5.24. The summed E-state index contributed by atoms with van der Waals surface area (Å²) < 4.78 is 6.26. The van der Waals surface area contributed by atoms with Gasteiger partial charge in [-0.2, -0.15) is 0 Å². The van der Waals surface area contributed by atoms with Gasteiger partial charge >= 0.3 is 0 Å². The molecule has 1 aromatic rings. The molecule has 1 saturated heterocycles. The Morgan fingerprint density at radius 2 is 2.31 bits per heavy atom. The van der Waals surface area contributed by atoms with Crippen molar-refractivity contribution in [3.8, 4) is 5.75 Å². The van der Waals surface area contributed by atoms with Crippen LogP contribution in [0.1, 0.15) is 11.6 Å². The summed E-state index contributed by atoms with van der Waals surface area (Å²) in [6.07, 6.45) is 0. The van der Waals surface area contributed by atoms with E-state index in [-0.39, 0.29) is 0 Å². The van der Waals surface area contributed by atoms with Gasteiger partial charge in [0.25, 0.3) is 0 Å². The van der Waals surface area contributed by atoms with Crippen LogP contribution in [0.5, 0.6) is 5.75 Å². The SMILES string of the molecule is COc1ccc(C2CNCCN2C)cc1Br. The van der Waals surface area contributed by atoms with E-state index < -0.39 is 0 Å². The number of nitrogens with one attached hydrogen (secondary N) is 1. The third-order valence-corrected chi connectivity index (χ3v) is 3.69. The quantitative estimate of drug-likeness (QED) is 0.900. The van der Waals surface area contributed by atoms with E-state index >= 15 is 0 Å². The van der Waals surface area contributed by atoms with E-state index in [1.807, 2.05) is 6.07 Å². The van der Waals surface area contributed by atoms with Crippen molar-refractivity contribution in [3.63, 3.8) is 0 Å². The van der Waals surface area contributed by atoms with Gasteiger partial charge < -0.3 is 10.1 Å². The van der Waals surface area contributed by atoms with Crippen LogP contribution in [0.15, 0.2) is 22.7 Å². The highest BCUT2D eigenvalue weighted by Gasteiger charge is 2.20. The molecule has 1 aliphatic heterocycles. The minimum atomic E-state index is 0.455. The van der Waals surface area contributed by atoms with E-state index in [0.29, 0.717) is 6.04 Å². The first-order valence-electron chi connectivity index (χ1n) is 5.47. The number of piperazine rings is 1. The average molecular weight is 285 g/mol. The molecule has 1 aliphatic rings. The minimum absolute atomic E-state index is 0.455. The Labute approximate surface area is 105 Å². The fourth-order valence-electron chi connectivity index (χ4n) is 2.07. The zero-order valence-corrected chi connectivity index (χ0v) is 11.3. The molecule has 1 unspecified atom stereocenters. The lowest BCUT2D eigenvalue weighted by atomic mass is 10.0. The summed E-state index contributed by atoms with van der Waals surface area (Å²) in [7, 11) is 3.86. The zero-order valence-electron chi connectivity index (χ0n) is 9.66. The first-order valence-corrected chi connectivity index (χ1v) is 6.26. The molecule has 1 fully saturated rings. The largest absolute Gasteiger partial charge is 0.496 e. The van der Waals surface area contributed by atoms with Crippen LogP contribution in [-0.4, -0.2) is 38.7 Å². The fourth-order valence-corrected chi connectivity index (χ4v) is 2.63. The second kappa shape index (κ2) is 5.17. The number of nitrogens with zero attached hydrogens (tertiary/aromatic N) is 1. The molecule has 1 heterocycles. The lowest BCUT2D eigenvalue weighted by Crippen LogP contribution is -2.43. The van der Waals surface area contributed by atoms with Gasteiger partial charge in [-0.25, -0.2) is 0 Å². The number of rotatable bonds is 2. The number of halogens is 1. The smallest absolute Gasteiger partial charge is 0.133 e. The highest BCUT2D eigenvalue weighted by molar-refractivity contribution is 9.10. The second-order valence-corrected chi connectivity index (χ2v) is 4.95. The Balaban J connectivity index is 2.22. The Morgan fingerprint density at radius 1 is 1.50 bits per heavy atom. The van der Waals surface area contributed by atoms with Gasteiger partial charge in [0.2, 0.25) is 0 Å². The molecule has 3 nitrogen and oxygen atoms in total. The molecule has 88 valence electrons. The molecule has 0 spiro atoms. The van der Waals surface area contributed by atoms with E-state index in [9.17, 15) is 0 Å². The van der Waals surface area contributed by atoms with Crippen molar-refractivity contribution in [2.45, 2.75) is 6.04 Å². The monoisotopic (exact) mass is 284 g/mol. The van der Waals surface area contributed by atoms with Crippen LogP contribution in [-0.2, 0) is 0 Å². The van der Waals surface area contributed by atoms with Crippen molar-refractivity contribution < 1.29 is 4.74 Å². The number of ether oxygens (including phenoxy) is 1. The first-order chi connectivity index (χ1) is 7.72. The van der Waals surface area contributed by atoms with Gasteiger partial charge in [0.15, 0.2) is 0 Å². The second-order valence-electron chi connectivity index (χ2n) is 4.09. The van der Waals surface area contributed by atoms with Gasteiger partial charge in [-0.15, -0.1) is 0 Å². The van der Waals surface area contributed by atoms with E-state index in [4.69, 9.17) is 4.74 Å². The Bertz CT molecular complexity index is 370. The summed E-state index contributed by atoms with van der Waals surface area (Å²) in [6.45, 7) is 3.17. The first kappa shape index (κ1) is 11.9. The van der Waals surface area contributed by atoms with Gasteiger partial charge in [-0.1, -0.05) is 6.07 Å². The number of benzene rings is 1. The number of hydrogen-bond donors (Lipinski definition) is 1. The average Bonchev–Trinajstić information content (AvgIpc) is 2.29. The minimum Gasteiger partial charge on any atom is -0.496 e. The lowest BCUT2D eigenvalue weighted by Gasteiger charge is -2.33. The molecule has 0 amide bonds. The van der Waals surface area contributed by atoms with Crippen LogP contribution < -0.4 is 10.1 Å². The van der Waals surface area contributed by atoms with Crippen molar-refractivity contribution in [1.82, 2.24) is 10.2 Å². The van der Waals surface area contributed by atoms with Crippen LogP contribution in [0, 0.1) is 0 Å². The Kier molecular flexibility index (Phi) is 3.84. The highest BCUT2D eigenvalue weighted by Crippen LogP contribution is 2.30. The Hall–Kier alpha value is -0.580. The van der Waals surface area contributed by atoms with Gasteiger partial charge in [0.05, 0.1) is 11.6 Å². The maximum atomic E-state index is 5.24. The topological polar surface area (TPSA) is 24.5 Å². The van der Waals surface area contributed by atoms with Crippen molar-refractivity contribution in [2.75, 3.05) is 33.8 Å². The standard InChI is InChI=1S/C12H17BrN2O/c1-15-6-5-14-8-11(15)9-3-4-12(16-2)10(13)7-9/h3-4,7,11,14H,5-6,8H2,1-2H3. The van der Waals surface area contributed by atoms with Gasteiger partial charge in [0, 0.05) is 25.7 Å². The van der Waals surface area contributed by atoms with E-state index in [1.165, 1.54) is 5.56 Å². The fraction of sp³-hybridized carbons (Fsp3) is 0.500. The van der Waals surface area contributed by atoms with Crippen LogP contribution in [0.3, 0.4) is 0 Å². The number of methoxy groups -OCH3 is 1. The van der Waals surface area contributed by atoms with E-state index in [2.05, 4.69) is 45.3 Å². The normalized spacial score (nSPS) is 22.1. The molecule has 0 radical (unpaired) electrons. The number of hydrogen-bond acceptors (Lipinski definition) is 3. The van der Waals surface area contributed by atoms with Crippen molar-refractivity contribution in [3.05, 3.63) is 28.2 Å². The molecule has 0 saturated carbocycles. The maximum Gasteiger partial charge on any atom is 0.133 e. The third-order valence-electron chi connectivity index (χ3n) is 3.07. The Morgan fingerprint density at radius 3 is 2.94 bits per heavy atom. The van der Waals surface area contributed by atoms with Crippen LogP contribution in [0.2, 0.25) is 0 Å². The summed E-state index contributed by atoms with van der Waals surface area (Å²) in [4.78, 5) is 2.38. The molecule has 2 rings (SSSR count). The highest BCUT2D eigenvalue weighted by atomic mass is 79.9. The molecule has 0 aliphatic carbocycles. The summed E-state index contributed by atoms with van der Waals surface area (Å²) >= 11 is 3.53. The van der Waals surface area contributed by atoms with E-state index in [0.717, 1.165) is 29.9 Å². The summed E-state index contributed by atoms with van der Waals surface area (Å²) in [5.41, 5.74) is 1.32. The summed E-state index contributed by atoms with van der Waals surface area (Å²) in [5.74, 6) is 0.884. The molecule has 1 N–H and O–H groups in total. The molecule has 0 aromatic heterocycles. The van der Waals surface area contributed by atoms with Crippen LogP contribution in [0.25, 0.3) is 0 Å². The van der Waals surface area contributed by atoms with Crippen molar-refractivity contribution in [2.24, 2.45) is 0 Å². The van der Waals surface area contributed by atoms with Gasteiger partial charge in [0.1, 0.15) is 5.75 Å². The predicted molar refractivity (Wildman–Crippen MR) is 68.9 cm³/mol. The molecule has 1 atom stereocenters. The molecular weight excluding hydrogens is 268 g/mol. The lowest BCUT2D eigenvalue weighted by molar-refractivity contribution is 0.202. The summed E-state index contributed by atoms with van der Waals surface area (Å²) in [5, 5.41) is 3.42. The molecule has 4 heteroatoms.